The third-order valence-electron chi connectivity index (χ3n) is 2.65. The van der Waals surface area contributed by atoms with E-state index in [4.69, 9.17) is 0 Å². The molecule has 1 fully saturated rings. The van der Waals surface area contributed by atoms with E-state index in [1.165, 1.54) is 45.6 Å². The Kier molecular flexibility index (Phi) is 3.19. The molecule has 3 rings (SSSR count). The van der Waals surface area contributed by atoms with Crippen LogP contribution in [-0.2, 0) is 4.79 Å². The molecule has 1 aromatic heterocycles. The second-order valence-corrected chi connectivity index (χ2v) is 5.69. The first-order valence-corrected chi connectivity index (χ1v) is 7.24. The first-order valence-electron chi connectivity index (χ1n) is 5.31. The molecule has 1 aliphatic heterocycles. The molecule has 0 bridgehead atoms. The molecule has 8 heteroatoms. The van der Waals surface area contributed by atoms with Gasteiger partial charge in [-0.15, -0.1) is 22.0 Å². The Labute approximate surface area is 115 Å². The molecular weight excluding hydrogens is 292 g/mol. The molecule has 98 valence electrons. The summed E-state index contributed by atoms with van der Waals surface area (Å²) in [6, 6.07) is 3.35. The second kappa shape index (κ2) is 4.86. The van der Waals surface area contributed by atoms with E-state index in [-0.39, 0.29) is 17.2 Å². The molecule has 1 aliphatic rings. The lowest BCUT2D eigenvalue weighted by Gasteiger charge is -2.21. The number of thioether (sulfide) groups is 1. The summed E-state index contributed by atoms with van der Waals surface area (Å²) in [4.78, 5) is 13.3. The van der Waals surface area contributed by atoms with Gasteiger partial charge in [0.25, 0.3) is 0 Å². The topological polar surface area (TPSA) is 46.1 Å². The molecule has 19 heavy (non-hydrogen) atoms. The fourth-order valence-corrected chi connectivity index (χ4v) is 3.68. The SMILES string of the molecule is O=C1CS[C@@H](c2ccc(F)cc2F)N1c1nncs1. The van der Waals surface area contributed by atoms with E-state index >= 15 is 0 Å². The van der Waals surface area contributed by atoms with Crippen molar-refractivity contribution in [3.63, 3.8) is 0 Å². The molecule has 0 spiro atoms. The van der Waals surface area contributed by atoms with Crippen molar-refractivity contribution < 1.29 is 13.6 Å². The van der Waals surface area contributed by atoms with Crippen molar-refractivity contribution in [3.8, 4) is 0 Å². The monoisotopic (exact) mass is 299 g/mol. The zero-order chi connectivity index (χ0) is 13.4. The molecule has 1 atom stereocenters. The van der Waals surface area contributed by atoms with Gasteiger partial charge in [-0.1, -0.05) is 17.4 Å². The van der Waals surface area contributed by atoms with Crippen LogP contribution < -0.4 is 4.90 Å². The van der Waals surface area contributed by atoms with Crippen molar-refractivity contribution in [2.75, 3.05) is 10.7 Å². The summed E-state index contributed by atoms with van der Waals surface area (Å²) in [6.07, 6.45) is 0. The van der Waals surface area contributed by atoms with Gasteiger partial charge < -0.3 is 0 Å². The average Bonchev–Trinajstić information content (AvgIpc) is 2.98. The smallest absolute Gasteiger partial charge is 0.240 e. The first-order chi connectivity index (χ1) is 9.16. The maximum atomic E-state index is 13.8. The summed E-state index contributed by atoms with van der Waals surface area (Å²) in [5.74, 6) is -1.23. The predicted octanol–water partition coefficient (Wildman–Crippen LogP) is 2.59. The molecule has 2 aromatic rings. The van der Waals surface area contributed by atoms with Crippen LogP contribution in [0.4, 0.5) is 13.9 Å². The zero-order valence-electron chi connectivity index (χ0n) is 9.42. The van der Waals surface area contributed by atoms with Crippen LogP contribution in [0.25, 0.3) is 0 Å². The Bertz CT molecular complexity index is 620. The van der Waals surface area contributed by atoms with E-state index in [1.807, 2.05) is 0 Å². The van der Waals surface area contributed by atoms with Crippen LogP contribution in [0.5, 0.6) is 0 Å². The number of nitrogens with zero attached hydrogens (tertiary/aromatic N) is 3. The quantitative estimate of drug-likeness (QED) is 0.855. The summed E-state index contributed by atoms with van der Waals surface area (Å²) < 4.78 is 26.8. The number of hydrogen-bond donors (Lipinski definition) is 0. The lowest BCUT2D eigenvalue weighted by molar-refractivity contribution is -0.115. The van der Waals surface area contributed by atoms with Crippen LogP contribution in [-0.4, -0.2) is 21.9 Å². The summed E-state index contributed by atoms with van der Waals surface area (Å²) in [5.41, 5.74) is 1.77. The zero-order valence-corrected chi connectivity index (χ0v) is 11.0. The van der Waals surface area contributed by atoms with Gasteiger partial charge in [0.05, 0.1) is 5.75 Å². The van der Waals surface area contributed by atoms with Gasteiger partial charge >= 0.3 is 0 Å². The summed E-state index contributed by atoms with van der Waals surface area (Å²) >= 11 is 2.49. The average molecular weight is 299 g/mol. The highest BCUT2D eigenvalue weighted by Gasteiger charge is 2.37. The van der Waals surface area contributed by atoms with Crippen molar-refractivity contribution in [1.29, 1.82) is 0 Å². The van der Waals surface area contributed by atoms with Crippen LogP contribution >= 0.6 is 23.1 Å². The Balaban J connectivity index is 2.01. The number of halogens is 2. The maximum Gasteiger partial charge on any atom is 0.240 e. The lowest BCUT2D eigenvalue weighted by Crippen LogP contribution is -2.28. The highest BCUT2D eigenvalue weighted by atomic mass is 32.2. The van der Waals surface area contributed by atoms with E-state index in [2.05, 4.69) is 10.2 Å². The third kappa shape index (κ3) is 2.21. The number of benzene rings is 1. The Hall–Kier alpha value is -1.54. The fourth-order valence-electron chi connectivity index (χ4n) is 1.83. The highest BCUT2D eigenvalue weighted by molar-refractivity contribution is 8.00. The van der Waals surface area contributed by atoms with Gasteiger partial charge in [0.1, 0.15) is 22.5 Å². The van der Waals surface area contributed by atoms with Crippen LogP contribution in [0.15, 0.2) is 23.7 Å². The molecule has 4 nitrogen and oxygen atoms in total. The highest BCUT2D eigenvalue weighted by Crippen LogP contribution is 2.42. The standard InChI is InChI=1S/C11H7F2N3OS2/c12-6-1-2-7(8(13)3-6)10-16(9(17)4-18-10)11-15-14-5-19-11/h1-3,5,10H,4H2/t10-/m0/s1. The van der Waals surface area contributed by atoms with Gasteiger partial charge in [0, 0.05) is 11.6 Å². The third-order valence-corrected chi connectivity index (χ3v) is 4.53. The molecule has 0 aliphatic carbocycles. The predicted molar refractivity (Wildman–Crippen MR) is 69.0 cm³/mol. The van der Waals surface area contributed by atoms with Crippen LogP contribution in [0.1, 0.15) is 10.9 Å². The summed E-state index contributed by atoms with van der Waals surface area (Å²) in [5, 5.41) is 7.41. The van der Waals surface area contributed by atoms with Gasteiger partial charge in [-0.2, -0.15) is 0 Å². The van der Waals surface area contributed by atoms with Crippen LogP contribution in [0.3, 0.4) is 0 Å². The molecule has 0 unspecified atom stereocenters. The van der Waals surface area contributed by atoms with E-state index < -0.39 is 17.0 Å². The number of hydrogen-bond acceptors (Lipinski definition) is 5. The van der Waals surface area contributed by atoms with Crippen molar-refractivity contribution in [2.45, 2.75) is 5.37 Å². The number of amides is 1. The van der Waals surface area contributed by atoms with Gasteiger partial charge in [-0.3, -0.25) is 9.69 Å². The van der Waals surface area contributed by atoms with Gasteiger partial charge in [0.2, 0.25) is 11.0 Å². The molecule has 0 N–H and O–H groups in total. The van der Waals surface area contributed by atoms with Crippen molar-refractivity contribution in [3.05, 3.63) is 40.9 Å². The summed E-state index contributed by atoms with van der Waals surface area (Å²) in [7, 11) is 0. The molecular formula is C11H7F2N3OS2. The van der Waals surface area contributed by atoms with Crippen LogP contribution in [0, 0.1) is 11.6 Å². The molecule has 1 saturated heterocycles. The number of carbonyl (C=O) groups is 1. The second-order valence-electron chi connectivity index (χ2n) is 3.81. The Morgan fingerprint density at radius 1 is 1.37 bits per heavy atom. The van der Waals surface area contributed by atoms with Crippen molar-refractivity contribution >= 4 is 34.1 Å². The summed E-state index contributed by atoms with van der Waals surface area (Å²) in [6.45, 7) is 0. The minimum absolute atomic E-state index is 0.157. The minimum Gasteiger partial charge on any atom is -0.273 e. The Morgan fingerprint density at radius 3 is 2.89 bits per heavy atom. The van der Waals surface area contributed by atoms with E-state index in [0.717, 1.165) is 6.07 Å². The molecule has 1 aromatic carbocycles. The minimum atomic E-state index is -0.665. The van der Waals surface area contributed by atoms with Crippen molar-refractivity contribution in [2.24, 2.45) is 0 Å². The number of anilines is 1. The normalized spacial score (nSPS) is 19.2. The largest absolute Gasteiger partial charge is 0.273 e. The molecule has 1 amide bonds. The van der Waals surface area contributed by atoms with Gasteiger partial charge in [-0.05, 0) is 6.07 Å². The van der Waals surface area contributed by atoms with E-state index in [9.17, 15) is 13.6 Å². The van der Waals surface area contributed by atoms with E-state index in [1.54, 1.807) is 0 Å². The first kappa shape index (κ1) is 12.5. The van der Waals surface area contributed by atoms with Crippen LogP contribution in [0.2, 0.25) is 0 Å². The number of aromatic nitrogens is 2. The number of rotatable bonds is 2. The molecule has 2 heterocycles. The molecule has 0 radical (unpaired) electrons. The molecule has 0 saturated carbocycles. The fraction of sp³-hybridized carbons (Fsp3) is 0.182. The van der Waals surface area contributed by atoms with Gasteiger partial charge in [0.15, 0.2) is 0 Å². The Morgan fingerprint density at radius 2 is 2.21 bits per heavy atom. The number of carbonyl (C=O) groups excluding carboxylic acids is 1. The van der Waals surface area contributed by atoms with E-state index in [0.29, 0.717) is 5.13 Å². The van der Waals surface area contributed by atoms with Crippen molar-refractivity contribution in [1.82, 2.24) is 10.2 Å². The van der Waals surface area contributed by atoms with Gasteiger partial charge in [-0.25, -0.2) is 8.78 Å². The lowest BCUT2D eigenvalue weighted by atomic mass is 10.2. The maximum absolute atomic E-state index is 13.8.